The number of hydrogen-bond acceptors (Lipinski definition) is 5. The second-order valence-electron chi connectivity index (χ2n) is 5.99. The van der Waals surface area contributed by atoms with E-state index < -0.39 is 41.3 Å². The van der Waals surface area contributed by atoms with Crippen molar-refractivity contribution in [2.75, 3.05) is 7.11 Å². The van der Waals surface area contributed by atoms with E-state index >= 15 is 0 Å². The first kappa shape index (κ1) is 18.4. The summed E-state index contributed by atoms with van der Waals surface area (Å²) < 4.78 is 4.72. The van der Waals surface area contributed by atoms with Gasteiger partial charge in [-0.1, -0.05) is 30.3 Å². The van der Waals surface area contributed by atoms with Crippen molar-refractivity contribution in [2.45, 2.75) is 31.3 Å². The highest BCUT2D eigenvalue weighted by atomic mass is 16.5. The van der Waals surface area contributed by atoms with Crippen molar-refractivity contribution < 1.29 is 29.0 Å². The van der Waals surface area contributed by atoms with Crippen molar-refractivity contribution >= 4 is 23.8 Å². The summed E-state index contributed by atoms with van der Waals surface area (Å²) in [7, 11) is 1.20. The molecule has 8 heteroatoms. The maximum atomic E-state index is 12.6. The first-order chi connectivity index (χ1) is 11.8. The van der Waals surface area contributed by atoms with Crippen molar-refractivity contribution in [3.8, 4) is 0 Å². The summed E-state index contributed by atoms with van der Waals surface area (Å²) in [6.07, 6.45) is 0.167. The standard InChI is InChI=1S/C17H20N2O6/c1-10(20)19-17(9-12(17)14(21)22)16(24)18-13(15(23)25-2)8-11-6-4-3-5-7-11/h3-7,12-13H,8-9H2,1-2H3,(H,18,24)(H,19,20)(H,21,22)/t12-,13+,17-/m1/s1. The molecular weight excluding hydrogens is 328 g/mol. The van der Waals surface area contributed by atoms with Crippen molar-refractivity contribution in [3.63, 3.8) is 0 Å². The summed E-state index contributed by atoms with van der Waals surface area (Å²) in [6, 6.07) is 8.02. The van der Waals surface area contributed by atoms with Gasteiger partial charge in [-0.3, -0.25) is 14.4 Å². The lowest BCUT2D eigenvalue weighted by atomic mass is 10.0. The largest absolute Gasteiger partial charge is 0.481 e. The number of amides is 2. The number of carbonyl (C=O) groups is 4. The summed E-state index contributed by atoms with van der Waals surface area (Å²) in [6.45, 7) is 1.20. The quantitative estimate of drug-likeness (QED) is 0.590. The lowest BCUT2D eigenvalue weighted by Gasteiger charge is -2.22. The molecule has 0 spiro atoms. The molecule has 8 nitrogen and oxygen atoms in total. The lowest BCUT2D eigenvalue weighted by molar-refractivity contribution is -0.146. The average Bonchev–Trinajstić information content (AvgIpc) is 3.29. The third kappa shape index (κ3) is 4.14. The molecule has 3 atom stereocenters. The van der Waals surface area contributed by atoms with E-state index in [2.05, 4.69) is 10.6 Å². The van der Waals surface area contributed by atoms with Gasteiger partial charge in [-0.2, -0.15) is 0 Å². The van der Waals surface area contributed by atoms with E-state index in [1.54, 1.807) is 24.3 Å². The van der Waals surface area contributed by atoms with Gasteiger partial charge < -0.3 is 20.5 Å². The van der Waals surface area contributed by atoms with Gasteiger partial charge in [0.05, 0.1) is 13.0 Å². The van der Waals surface area contributed by atoms with Crippen LogP contribution in [0.3, 0.4) is 0 Å². The summed E-state index contributed by atoms with van der Waals surface area (Å²) in [5.74, 6) is -4.08. The van der Waals surface area contributed by atoms with Gasteiger partial charge in [0.2, 0.25) is 11.8 Å². The number of carboxylic acids is 1. The molecule has 0 unspecified atom stereocenters. The summed E-state index contributed by atoms with van der Waals surface area (Å²) in [5, 5.41) is 14.1. The molecule has 1 aromatic rings. The molecule has 2 rings (SSSR count). The van der Waals surface area contributed by atoms with Gasteiger partial charge in [-0.25, -0.2) is 4.79 Å². The minimum absolute atomic E-state index is 0.0209. The number of ether oxygens (including phenoxy) is 1. The number of nitrogens with one attached hydrogen (secondary N) is 2. The van der Waals surface area contributed by atoms with E-state index in [-0.39, 0.29) is 12.8 Å². The highest BCUT2D eigenvalue weighted by molar-refractivity contribution is 6.01. The van der Waals surface area contributed by atoms with Gasteiger partial charge in [-0.15, -0.1) is 0 Å². The minimum atomic E-state index is -1.53. The fraction of sp³-hybridized carbons (Fsp3) is 0.412. The maximum absolute atomic E-state index is 12.6. The Kier molecular flexibility index (Phi) is 5.41. The van der Waals surface area contributed by atoms with Crippen LogP contribution in [0, 0.1) is 5.92 Å². The first-order valence-electron chi connectivity index (χ1n) is 7.74. The zero-order valence-electron chi connectivity index (χ0n) is 13.9. The highest BCUT2D eigenvalue weighted by Crippen LogP contribution is 2.44. The third-order valence-corrected chi connectivity index (χ3v) is 4.14. The molecule has 1 fully saturated rings. The Morgan fingerprint density at radius 2 is 1.92 bits per heavy atom. The van der Waals surface area contributed by atoms with Crippen LogP contribution in [0.4, 0.5) is 0 Å². The molecule has 0 radical (unpaired) electrons. The van der Waals surface area contributed by atoms with E-state index in [1.165, 1.54) is 14.0 Å². The molecule has 0 saturated heterocycles. The lowest BCUT2D eigenvalue weighted by Crippen LogP contribution is -2.55. The highest BCUT2D eigenvalue weighted by Gasteiger charge is 2.65. The van der Waals surface area contributed by atoms with E-state index in [0.717, 1.165) is 5.56 Å². The van der Waals surface area contributed by atoms with Crippen molar-refractivity contribution in [1.29, 1.82) is 0 Å². The first-order valence-corrected chi connectivity index (χ1v) is 7.74. The van der Waals surface area contributed by atoms with Gasteiger partial charge >= 0.3 is 11.9 Å². The molecule has 1 aliphatic rings. The number of carbonyl (C=O) groups excluding carboxylic acids is 3. The van der Waals surface area contributed by atoms with Crippen molar-refractivity contribution in [2.24, 2.45) is 5.92 Å². The normalized spacial score (nSPS) is 22.4. The predicted octanol–water partition coefficient (Wildman–Crippen LogP) is -0.134. The molecule has 0 aliphatic heterocycles. The molecular formula is C17H20N2O6. The number of aliphatic carboxylic acids is 1. The minimum Gasteiger partial charge on any atom is -0.481 e. The molecule has 0 heterocycles. The molecule has 3 N–H and O–H groups in total. The Hall–Kier alpha value is -2.90. The Balaban J connectivity index is 2.16. The van der Waals surface area contributed by atoms with Crippen LogP contribution in [0.1, 0.15) is 18.9 Å². The zero-order valence-corrected chi connectivity index (χ0v) is 13.9. The molecule has 1 aliphatic carbocycles. The average molecular weight is 348 g/mol. The van der Waals surface area contributed by atoms with Crippen LogP contribution in [0.5, 0.6) is 0 Å². The Morgan fingerprint density at radius 1 is 1.28 bits per heavy atom. The Labute approximate surface area is 144 Å². The van der Waals surface area contributed by atoms with Gasteiger partial charge in [0, 0.05) is 13.3 Å². The number of carboxylic acid groups (broad SMARTS) is 1. The van der Waals surface area contributed by atoms with Crippen LogP contribution < -0.4 is 10.6 Å². The van der Waals surface area contributed by atoms with Gasteiger partial charge in [-0.05, 0) is 12.0 Å². The molecule has 2 amide bonds. The summed E-state index contributed by atoms with van der Waals surface area (Å²) >= 11 is 0. The molecule has 1 saturated carbocycles. The maximum Gasteiger partial charge on any atom is 0.328 e. The van der Waals surface area contributed by atoms with Crippen LogP contribution in [0.25, 0.3) is 0 Å². The van der Waals surface area contributed by atoms with E-state index in [1.807, 2.05) is 6.07 Å². The van der Waals surface area contributed by atoms with Crippen LogP contribution >= 0.6 is 0 Å². The number of methoxy groups -OCH3 is 1. The van der Waals surface area contributed by atoms with Crippen LogP contribution in [0.15, 0.2) is 30.3 Å². The van der Waals surface area contributed by atoms with Crippen molar-refractivity contribution in [1.82, 2.24) is 10.6 Å². The molecule has 134 valence electrons. The smallest absolute Gasteiger partial charge is 0.328 e. The Bertz CT molecular complexity index is 690. The number of hydrogen-bond donors (Lipinski definition) is 3. The van der Waals surface area contributed by atoms with Gasteiger partial charge in [0.15, 0.2) is 0 Å². The topological polar surface area (TPSA) is 122 Å². The van der Waals surface area contributed by atoms with Crippen LogP contribution in [0.2, 0.25) is 0 Å². The zero-order chi connectivity index (χ0) is 18.6. The van der Waals surface area contributed by atoms with Gasteiger partial charge in [0.25, 0.3) is 0 Å². The van der Waals surface area contributed by atoms with Crippen LogP contribution in [-0.4, -0.2) is 47.6 Å². The molecule has 0 bridgehead atoms. The van der Waals surface area contributed by atoms with Crippen molar-refractivity contribution in [3.05, 3.63) is 35.9 Å². The third-order valence-electron chi connectivity index (χ3n) is 4.14. The van der Waals surface area contributed by atoms with E-state index in [0.29, 0.717) is 0 Å². The molecule has 0 aromatic heterocycles. The second kappa shape index (κ2) is 7.33. The molecule has 1 aromatic carbocycles. The van der Waals surface area contributed by atoms with E-state index in [4.69, 9.17) is 9.84 Å². The van der Waals surface area contributed by atoms with E-state index in [9.17, 15) is 19.2 Å². The second-order valence-corrected chi connectivity index (χ2v) is 5.99. The fourth-order valence-electron chi connectivity index (χ4n) is 2.79. The fourth-order valence-corrected chi connectivity index (χ4v) is 2.79. The van der Waals surface area contributed by atoms with Crippen LogP contribution in [-0.2, 0) is 30.3 Å². The molecule has 25 heavy (non-hydrogen) atoms. The number of esters is 1. The monoisotopic (exact) mass is 348 g/mol. The predicted molar refractivity (Wildman–Crippen MR) is 86.4 cm³/mol. The summed E-state index contributed by atoms with van der Waals surface area (Å²) in [4.78, 5) is 47.2. The SMILES string of the molecule is COC(=O)[C@H](Cc1ccccc1)NC(=O)[C@@]1(NC(C)=O)C[C@@H]1C(=O)O. The Morgan fingerprint density at radius 3 is 2.40 bits per heavy atom. The van der Waals surface area contributed by atoms with Gasteiger partial charge in [0.1, 0.15) is 11.6 Å². The summed E-state index contributed by atoms with van der Waals surface area (Å²) in [5.41, 5.74) is -0.724. The number of rotatable bonds is 7. The number of benzene rings is 1.